The molecule has 0 aliphatic carbocycles. The van der Waals surface area contributed by atoms with E-state index in [0.717, 1.165) is 29.0 Å². The molecule has 1 unspecified atom stereocenters. The number of nitrogens with zero attached hydrogens (tertiary/aromatic N) is 1. The molecule has 1 saturated heterocycles. The maximum Gasteiger partial charge on any atom is 0.419 e. The molecule has 0 bridgehead atoms. The van der Waals surface area contributed by atoms with Crippen LogP contribution in [0.2, 0.25) is 0 Å². The molecule has 3 rings (SSSR count). The fraction of sp³-hybridized carbons (Fsp3) is 0.333. The third-order valence-corrected chi connectivity index (χ3v) is 7.37. The number of carbonyl (C=O) groups is 3. The summed E-state index contributed by atoms with van der Waals surface area (Å²) in [6.07, 6.45) is -2.25. The second-order valence-electron chi connectivity index (χ2n) is 9.05. The van der Waals surface area contributed by atoms with Crippen molar-refractivity contribution in [1.29, 1.82) is 0 Å². The van der Waals surface area contributed by atoms with Crippen molar-refractivity contribution < 1.29 is 42.1 Å². The molecule has 1 amide bonds. The van der Waals surface area contributed by atoms with Crippen molar-refractivity contribution in [3.8, 4) is 11.5 Å². The van der Waals surface area contributed by atoms with E-state index < -0.39 is 17.7 Å². The number of hydrogen-bond acceptors (Lipinski definition) is 7. The summed E-state index contributed by atoms with van der Waals surface area (Å²) < 4.78 is 52.8. The lowest BCUT2D eigenvalue weighted by Gasteiger charge is -2.24. The van der Waals surface area contributed by atoms with Crippen LogP contribution >= 0.6 is 24.0 Å². The first-order valence-corrected chi connectivity index (χ1v) is 13.2. The molecule has 1 fully saturated rings. The van der Waals surface area contributed by atoms with E-state index in [4.69, 9.17) is 26.8 Å². The van der Waals surface area contributed by atoms with Gasteiger partial charge in [0.1, 0.15) is 29.0 Å². The van der Waals surface area contributed by atoms with Crippen LogP contribution in [0.1, 0.15) is 22.3 Å². The van der Waals surface area contributed by atoms with E-state index in [2.05, 4.69) is 5.32 Å². The number of likely N-dealkylation sites (N-methyl/N-ethyl adjacent to an activating group) is 1. The minimum absolute atomic E-state index is 0.00488. The number of amides is 1. The number of halogens is 3. The number of ether oxygens (including phenoxy) is 2. The zero-order chi connectivity index (χ0) is 29.4. The van der Waals surface area contributed by atoms with Gasteiger partial charge >= 0.3 is 12.1 Å². The number of benzene rings is 2. The Balaban J connectivity index is 1.74. The van der Waals surface area contributed by atoms with Gasteiger partial charge in [-0.3, -0.25) is 14.4 Å². The summed E-state index contributed by atoms with van der Waals surface area (Å²) in [7, 11) is 1.46. The van der Waals surface area contributed by atoms with Crippen LogP contribution in [-0.2, 0) is 38.1 Å². The van der Waals surface area contributed by atoms with Crippen LogP contribution in [0.25, 0.3) is 0 Å². The highest BCUT2D eigenvalue weighted by atomic mass is 32.2. The molecule has 2 aromatic carbocycles. The molecule has 0 spiro atoms. The Bertz CT molecular complexity index is 1320. The summed E-state index contributed by atoms with van der Waals surface area (Å²) in [6, 6.07) is 8.41. The number of thiocarbonyl (C=S) groups is 1. The summed E-state index contributed by atoms with van der Waals surface area (Å²) in [5, 5.41) is 11.7. The fourth-order valence-electron chi connectivity index (χ4n) is 3.86. The molecule has 0 radical (unpaired) electrons. The van der Waals surface area contributed by atoms with Crippen LogP contribution < -0.4 is 10.1 Å². The third-order valence-electron chi connectivity index (χ3n) is 5.82. The van der Waals surface area contributed by atoms with Crippen molar-refractivity contribution in [2.45, 2.75) is 32.0 Å². The Morgan fingerprint density at radius 3 is 2.67 bits per heavy atom. The Morgan fingerprint density at radius 1 is 1.30 bits per heavy atom. The van der Waals surface area contributed by atoms with Gasteiger partial charge in [-0.05, 0) is 60.7 Å². The van der Waals surface area contributed by atoms with Gasteiger partial charge in [0, 0.05) is 7.05 Å². The number of thioether (sulfide) groups is 1. The van der Waals surface area contributed by atoms with E-state index in [-0.39, 0.29) is 57.8 Å². The molecule has 2 aromatic rings. The molecule has 0 saturated carbocycles. The van der Waals surface area contributed by atoms with Crippen molar-refractivity contribution in [3.05, 3.63) is 69.6 Å². The number of allylic oxidation sites excluding steroid dienone is 2. The van der Waals surface area contributed by atoms with E-state index in [1.54, 1.807) is 18.2 Å². The first-order valence-electron chi connectivity index (χ1n) is 12.0. The summed E-state index contributed by atoms with van der Waals surface area (Å²) in [5.41, 5.74) is 1.00. The molecule has 13 heteroatoms. The second-order valence-corrected chi connectivity index (χ2v) is 10.8. The lowest BCUT2D eigenvalue weighted by Crippen LogP contribution is -2.46. The number of alkyl halides is 3. The molecule has 1 aliphatic rings. The van der Waals surface area contributed by atoms with Gasteiger partial charge in [-0.15, -0.1) is 0 Å². The van der Waals surface area contributed by atoms with E-state index >= 15 is 0 Å². The minimum atomic E-state index is -4.70. The highest BCUT2D eigenvalue weighted by Crippen LogP contribution is 2.39. The Hall–Kier alpha value is -3.42. The molecule has 40 heavy (non-hydrogen) atoms. The Labute approximate surface area is 238 Å². The highest BCUT2D eigenvalue weighted by Gasteiger charge is 2.35. The average molecular weight is 597 g/mol. The molecule has 1 heterocycles. The lowest BCUT2D eigenvalue weighted by molar-refractivity contribution is -0.139. The number of carboxylic acid groups (broad SMARTS) is 1. The number of carboxylic acids is 1. The van der Waals surface area contributed by atoms with Gasteiger partial charge in [-0.2, -0.15) is 13.2 Å². The Morgan fingerprint density at radius 2 is 2.05 bits per heavy atom. The normalized spacial score (nSPS) is 15.8. The van der Waals surface area contributed by atoms with Gasteiger partial charge in [0.2, 0.25) is 5.91 Å². The molecule has 1 aliphatic heterocycles. The number of carbonyl (C=O) groups excluding carboxylic acids is 2. The number of rotatable bonds is 10. The van der Waals surface area contributed by atoms with Crippen molar-refractivity contribution in [2.24, 2.45) is 0 Å². The number of aryl methyl sites for hydroxylation is 1. The van der Waals surface area contributed by atoms with Gasteiger partial charge in [0.25, 0.3) is 0 Å². The van der Waals surface area contributed by atoms with Crippen LogP contribution in [0.15, 0.2) is 47.4 Å². The molecule has 8 nitrogen and oxygen atoms in total. The van der Waals surface area contributed by atoms with E-state index in [0.29, 0.717) is 19.3 Å². The zero-order valence-corrected chi connectivity index (χ0v) is 23.3. The maximum atomic E-state index is 13.9. The lowest BCUT2D eigenvalue weighted by atomic mass is 10.0. The van der Waals surface area contributed by atoms with E-state index in [1.807, 2.05) is 6.92 Å². The second kappa shape index (κ2) is 13.8. The fourth-order valence-corrected chi connectivity index (χ4v) is 4.85. The highest BCUT2D eigenvalue weighted by molar-refractivity contribution is 8.25. The van der Waals surface area contributed by atoms with Crippen LogP contribution in [0.4, 0.5) is 13.2 Å². The zero-order valence-electron chi connectivity index (χ0n) is 21.6. The predicted octanol–water partition coefficient (Wildman–Crippen LogP) is 4.52. The SMILES string of the molecule is Cc1cc(Oc2ccc(CC=C(C=O)SC(=S)N(C)CC(=O)O)cc2C(F)(F)F)ccc1CC1COCC(=O)N1. The van der Waals surface area contributed by atoms with Gasteiger partial charge in [0.15, 0.2) is 6.29 Å². The minimum Gasteiger partial charge on any atom is -0.480 e. The van der Waals surface area contributed by atoms with Crippen molar-refractivity contribution in [1.82, 2.24) is 10.2 Å². The number of morpholine rings is 1. The molecule has 2 N–H and O–H groups in total. The van der Waals surface area contributed by atoms with Crippen molar-refractivity contribution in [2.75, 3.05) is 26.8 Å². The number of aldehydes is 1. The van der Waals surface area contributed by atoms with Crippen LogP contribution in [0.5, 0.6) is 11.5 Å². The van der Waals surface area contributed by atoms with Crippen LogP contribution in [0, 0.1) is 6.92 Å². The molecule has 0 aromatic heterocycles. The van der Waals surface area contributed by atoms with Crippen molar-refractivity contribution in [3.63, 3.8) is 0 Å². The number of nitrogens with one attached hydrogen (secondary N) is 1. The predicted molar refractivity (Wildman–Crippen MR) is 147 cm³/mol. The largest absolute Gasteiger partial charge is 0.480 e. The van der Waals surface area contributed by atoms with Gasteiger partial charge < -0.3 is 24.8 Å². The number of hydrogen-bond donors (Lipinski definition) is 2. The standard InChI is InChI=1S/C27H27F3N2O6S2/c1-16-9-20(6-5-18(16)11-19-14-37-15-24(34)31-19)38-23-8-4-17(10-22(23)27(28,29)30)3-7-21(13-33)40-26(39)32(2)12-25(35)36/h4-10,13,19H,3,11-12,14-15H2,1-2H3,(H,31,34)(H,35,36). The third kappa shape index (κ3) is 9.07. The van der Waals surface area contributed by atoms with Gasteiger partial charge in [-0.1, -0.05) is 42.2 Å². The summed E-state index contributed by atoms with van der Waals surface area (Å²) in [5.74, 6) is -1.44. The smallest absolute Gasteiger partial charge is 0.419 e. The first kappa shape index (κ1) is 31.1. The van der Waals surface area contributed by atoms with E-state index in [1.165, 1.54) is 30.2 Å². The maximum absolute atomic E-state index is 13.9. The molecular formula is C27H27F3N2O6S2. The van der Waals surface area contributed by atoms with Crippen LogP contribution in [0.3, 0.4) is 0 Å². The quantitative estimate of drug-likeness (QED) is 0.233. The molecule has 214 valence electrons. The topological polar surface area (TPSA) is 105 Å². The summed E-state index contributed by atoms with van der Waals surface area (Å²) >= 11 is 5.97. The monoisotopic (exact) mass is 596 g/mol. The summed E-state index contributed by atoms with van der Waals surface area (Å²) in [6.45, 7) is 1.85. The van der Waals surface area contributed by atoms with E-state index in [9.17, 15) is 27.6 Å². The Kier molecular flexibility index (Phi) is 10.7. The number of aliphatic carboxylic acids is 1. The summed E-state index contributed by atoms with van der Waals surface area (Å²) in [4.78, 5) is 35.2. The molecular weight excluding hydrogens is 569 g/mol. The average Bonchev–Trinajstić information content (AvgIpc) is 2.87. The molecule has 1 atom stereocenters. The van der Waals surface area contributed by atoms with Crippen molar-refractivity contribution >= 4 is 46.5 Å². The van der Waals surface area contributed by atoms with Crippen LogP contribution in [-0.4, -0.2) is 65.3 Å². The van der Waals surface area contributed by atoms with Gasteiger partial charge in [0.05, 0.1) is 23.1 Å². The first-order chi connectivity index (χ1) is 18.8. The van der Waals surface area contributed by atoms with Gasteiger partial charge in [-0.25, -0.2) is 0 Å².